The van der Waals surface area contributed by atoms with E-state index in [1.807, 2.05) is 78.2 Å². The van der Waals surface area contributed by atoms with E-state index in [1.165, 1.54) is 11.3 Å². The number of ether oxygens (including phenoxy) is 2. The number of rotatable bonds is 6. The van der Waals surface area contributed by atoms with Crippen LogP contribution in [0.1, 0.15) is 11.3 Å². The summed E-state index contributed by atoms with van der Waals surface area (Å²) in [6, 6.07) is 21.6. The summed E-state index contributed by atoms with van der Waals surface area (Å²) in [5.74, 6) is 1.17. The quantitative estimate of drug-likeness (QED) is 0.310. The molecule has 1 N–H and O–H groups in total. The van der Waals surface area contributed by atoms with Crippen molar-refractivity contribution in [1.82, 2.24) is 9.97 Å². The molecule has 0 fully saturated rings. The lowest BCUT2D eigenvalue weighted by molar-refractivity contribution is 0.356. The number of benzene rings is 2. The molecule has 0 aliphatic heterocycles. The van der Waals surface area contributed by atoms with Gasteiger partial charge >= 0.3 is 0 Å². The average Bonchev–Trinajstić information content (AvgIpc) is 3.41. The van der Waals surface area contributed by atoms with Crippen molar-refractivity contribution in [2.45, 2.75) is 0 Å². The van der Waals surface area contributed by atoms with Gasteiger partial charge in [-0.15, -0.1) is 11.3 Å². The highest BCUT2D eigenvalue weighted by atomic mass is 32.1. The topological polar surface area (TPSA) is 64.2 Å². The van der Waals surface area contributed by atoms with Gasteiger partial charge in [0, 0.05) is 28.1 Å². The molecule has 0 saturated heterocycles. The number of hydrogen-bond acceptors (Lipinski definition) is 5. The number of nitrogens with one attached hydrogen (secondary N) is 1. The minimum absolute atomic E-state index is 0.147. The number of aromatic nitrogens is 2. The van der Waals surface area contributed by atoms with Crippen molar-refractivity contribution in [1.29, 1.82) is 0 Å². The van der Waals surface area contributed by atoms with Crippen LogP contribution < -0.4 is 15.0 Å². The third-order valence-corrected chi connectivity index (χ3v) is 6.48. The normalized spacial score (nSPS) is 11.2. The van der Waals surface area contributed by atoms with E-state index in [1.54, 1.807) is 20.4 Å². The Kier molecular flexibility index (Phi) is 5.97. The number of methoxy groups -OCH3 is 2. The van der Waals surface area contributed by atoms with E-state index in [0.717, 1.165) is 32.6 Å². The van der Waals surface area contributed by atoms with Crippen molar-refractivity contribution in [2.24, 2.45) is 0 Å². The molecule has 0 spiro atoms. The average molecular weight is 467 g/mol. The number of thiophene rings is 1. The second-order valence-corrected chi connectivity index (χ2v) is 8.60. The van der Waals surface area contributed by atoms with Gasteiger partial charge in [0.25, 0.3) is 5.56 Å². The van der Waals surface area contributed by atoms with Crippen LogP contribution in [0.5, 0.6) is 11.5 Å². The van der Waals surface area contributed by atoms with Crippen molar-refractivity contribution in [3.8, 4) is 33.1 Å². The number of aromatic amines is 1. The van der Waals surface area contributed by atoms with Crippen molar-refractivity contribution >= 4 is 34.4 Å². The zero-order valence-electron chi connectivity index (χ0n) is 18.7. The molecular formula is C28H22N2O3S. The van der Waals surface area contributed by atoms with E-state index >= 15 is 0 Å². The maximum atomic E-state index is 13.3. The molecule has 0 amide bonds. The number of hydrogen-bond donors (Lipinski definition) is 1. The van der Waals surface area contributed by atoms with Gasteiger partial charge in [-0.3, -0.25) is 9.78 Å². The molecule has 2 aromatic carbocycles. The van der Waals surface area contributed by atoms with Gasteiger partial charge in [0.1, 0.15) is 0 Å². The van der Waals surface area contributed by atoms with Gasteiger partial charge in [0.2, 0.25) is 0 Å². The molecule has 6 heteroatoms. The standard InChI is InChI=1S/C28H22N2O3S/c1-32-23-16-21-22(17-24(23)33-2)30-28(31)27(25-10-6-14-34-25)26(21)19-8-5-7-18(15-19)11-12-20-9-3-4-13-29-20/h3-17H,1-2H3,(H,30,31)/b12-11+. The third-order valence-electron chi connectivity index (χ3n) is 5.60. The van der Waals surface area contributed by atoms with Gasteiger partial charge < -0.3 is 14.5 Å². The zero-order chi connectivity index (χ0) is 23.5. The van der Waals surface area contributed by atoms with Crippen molar-refractivity contribution < 1.29 is 9.47 Å². The number of fused-ring (bicyclic) bond motifs is 1. The first-order chi connectivity index (χ1) is 16.7. The van der Waals surface area contributed by atoms with Crippen LogP contribution in [0.2, 0.25) is 0 Å². The predicted molar refractivity (Wildman–Crippen MR) is 140 cm³/mol. The van der Waals surface area contributed by atoms with Crippen LogP contribution in [0.15, 0.2) is 83.1 Å². The van der Waals surface area contributed by atoms with E-state index in [2.05, 4.69) is 16.0 Å². The second kappa shape index (κ2) is 9.37. The fourth-order valence-corrected chi connectivity index (χ4v) is 4.81. The molecule has 0 atom stereocenters. The molecule has 0 unspecified atom stereocenters. The Morgan fingerprint density at radius 3 is 2.47 bits per heavy atom. The molecule has 0 radical (unpaired) electrons. The van der Waals surface area contributed by atoms with Crippen molar-refractivity contribution in [3.63, 3.8) is 0 Å². The Hall–Kier alpha value is -4.16. The molecular weight excluding hydrogens is 444 g/mol. The SMILES string of the molecule is COc1cc2[nH]c(=O)c(-c3cccs3)c(-c3cccc(/C=C/c4ccccn4)c3)c2cc1OC. The summed E-state index contributed by atoms with van der Waals surface area (Å²) < 4.78 is 11.0. The summed E-state index contributed by atoms with van der Waals surface area (Å²) in [5, 5.41) is 2.86. The van der Waals surface area contributed by atoms with Crippen molar-refractivity contribution in [2.75, 3.05) is 14.2 Å². The summed E-state index contributed by atoms with van der Waals surface area (Å²) >= 11 is 1.54. The van der Waals surface area contributed by atoms with Crippen LogP contribution in [0, 0.1) is 0 Å². The molecule has 0 saturated carbocycles. The van der Waals surface area contributed by atoms with Crippen molar-refractivity contribution in [3.05, 3.63) is 99.9 Å². The highest BCUT2D eigenvalue weighted by molar-refractivity contribution is 7.13. The molecule has 34 heavy (non-hydrogen) atoms. The van der Waals surface area contributed by atoms with Crippen LogP contribution in [0.25, 0.3) is 44.6 Å². The summed E-state index contributed by atoms with van der Waals surface area (Å²) in [6.07, 6.45) is 5.77. The molecule has 0 bridgehead atoms. The lowest BCUT2D eigenvalue weighted by atomic mass is 9.94. The summed E-state index contributed by atoms with van der Waals surface area (Å²) in [6.45, 7) is 0. The summed E-state index contributed by atoms with van der Waals surface area (Å²) in [5.41, 5.74) is 4.87. The van der Waals surface area contributed by atoms with Crippen LogP contribution in [-0.2, 0) is 0 Å². The van der Waals surface area contributed by atoms with Gasteiger partial charge in [-0.1, -0.05) is 36.4 Å². The smallest absolute Gasteiger partial charge is 0.257 e. The molecule has 168 valence electrons. The van der Waals surface area contributed by atoms with E-state index in [-0.39, 0.29) is 5.56 Å². The van der Waals surface area contributed by atoms with Crippen LogP contribution in [0.4, 0.5) is 0 Å². The van der Waals surface area contributed by atoms with E-state index < -0.39 is 0 Å². The maximum Gasteiger partial charge on any atom is 0.257 e. The van der Waals surface area contributed by atoms with Crippen LogP contribution >= 0.6 is 11.3 Å². The van der Waals surface area contributed by atoms with Gasteiger partial charge in [-0.25, -0.2) is 0 Å². The Morgan fingerprint density at radius 1 is 0.882 bits per heavy atom. The van der Waals surface area contributed by atoms with E-state index in [4.69, 9.17) is 9.47 Å². The second-order valence-electron chi connectivity index (χ2n) is 7.65. The lowest BCUT2D eigenvalue weighted by Crippen LogP contribution is -2.11. The Bertz CT molecular complexity index is 1540. The monoisotopic (exact) mass is 466 g/mol. The maximum absolute atomic E-state index is 13.3. The fourth-order valence-electron chi connectivity index (χ4n) is 4.03. The summed E-state index contributed by atoms with van der Waals surface area (Å²) in [7, 11) is 3.19. The minimum atomic E-state index is -0.147. The number of pyridine rings is 2. The molecule has 0 aliphatic carbocycles. The molecule has 5 rings (SSSR count). The Labute approximate surface area is 201 Å². The highest BCUT2D eigenvalue weighted by Crippen LogP contribution is 2.41. The molecule has 3 aromatic heterocycles. The van der Waals surface area contributed by atoms with E-state index in [0.29, 0.717) is 22.6 Å². The Balaban J connectivity index is 1.75. The van der Waals surface area contributed by atoms with Gasteiger partial charge in [-0.2, -0.15) is 0 Å². The summed E-state index contributed by atoms with van der Waals surface area (Å²) in [4.78, 5) is 21.6. The molecule has 3 heterocycles. The Morgan fingerprint density at radius 2 is 1.74 bits per heavy atom. The first kappa shape index (κ1) is 21.7. The lowest BCUT2D eigenvalue weighted by Gasteiger charge is -2.15. The van der Waals surface area contributed by atoms with Gasteiger partial charge in [-0.05, 0) is 52.9 Å². The number of nitrogens with zero attached hydrogens (tertiary/aromatic N) is 1. The zero-order valence-corrected chi connectivity index (χ0v) is 19.6. The third kappa shape index (κ3) is 4.11. The molecule has 5 nitrogen and oxygen atoms in total. The van der Waals surface area contributed by atoms with Gasteiger partial charge in [0.05, 0.1) is 31.0 Å². The molecule has 5 aromatic rings. The number of H-pyrrole nitrogens is 1. The van der Waals surface area contributed by atoms with Crippen LogP contribution in [-0.4, -0.2) is 24.2 Å². The van der Waals surface area contributed by atoms with E-state index in [9.17, 15) is 4.79 Å². The van der Waals surface area contributed by atoms with Crippen LogP contribution in [0.3, 0.4) is 0 Å². The first-order valence-corrected chi connectivity index (χ1v) is 11.6. The minimum Gasteiger partial charge on any atom is -0.493 e. The molecule has 0 aliphatic rings. The van der Waals surface area contributed by atoms with Gasteiger partial charge in [0.15, 0.2) is 11.5 Å². The predicted octanol–water partition coefficient (Wildman–Crippen LogP) is 6.51. The highest BCUT2D eigenvalue weighted by Gasteiger charge is 2.19. The fraction of sp³-hybridized carbons (Fsp3) is 0.0714. The first-order valence-electron chi connectivity index (χ1n) is 10.7. The largest absolute Gasteiger partial charge is 0.493 e.